The third-order valence-electron chi connectivity index (χ3n) is 6.30. The van der Waals surface area contributed by atoms with Crippen molar-refractivity contribution in [1.29, 1.82) is 0 Å². The summed E-state index contributed by atoms with van der Waals surface area (Å²) in [5, 5.41) is 8.18. The Labute approximate surface area is 195 Å². The predicted molar refractivity (Wildman–Crippen MR) is 127 cm³/mol. The van der Waals surface area contributed by atoms with E-state index in [1.807, 2.05) is 25.1 Å². The molecule has 3 aromatic heterocycles. The molecule has 6 rings (SSSR count). The Morgan fingerprint density at radius 3 is 2.71 bits per heavy atom. The van der Waals surface area contributed by atoms with Crippen molar-refractivity contribution in [1.82, 2.24) is 25.0 Å². The van der Waals surface area contributed by atoms with Crippen LogP contribution in [-0.4, -0.2) is 58.2 Å². The van der Waals surface area contributed by atoms with Crippen LogP contribution >= 0.6 is 0 Å². The molecule has 0 radical (unpaired) electrons. The van der Waals surface area contributed by atoms with Crippen LogP contribution in [0.25, 0.3) is 10.9 Å². The molecule has 4 aromatic rings. The first kappa shape index (κ1) is 20.9. The number of benzene rings is 1. The minimum absolute atomic E-state index is 0.0615. The molecule has 10 heteroatoms. The zero-order valence-electron chi connectivity index (χ0n) is 19.1. The smallest absolute Gasteiger partial charge is 0.326 e. The van der Waals surface area contributed by atoms with E-state index in [2.05, 4.69) is 42.3 Å². The quantitative estimate of drug-likeness (QED) is 0.430. The van der Waals surface area contributed by atoms with Gasteiger partial charge in [-0.3, -0.25) is 0 Å². The molecule has 1 aliphatic heterocycles. The van der Waals surface area contributed by atoms with Crippen LogP contribution < -0.4 is 15.0 Å². The highest BCUT2D eigenvalue weighted by Gasteiger charge is 2.27. The number of nitrogens with zero attached hydrogens (tertiary/aromatic N) is 5. The van der Waals surface area contributed by atoms with Gasteiger partial charge in [0, 0.05) is 66.9 Å². The van der Waals surface area contributed by atoms with E-state index in [1.165, 1.54) is 6.07 Å². The molecular weight excluding hydrogens is 437 g/mol. The number of likely N-dealkylation sites (N-methyl/N-ethyl adjacent to an activating group) is 1. The number of hydrogen-bond acceptors (Lipinski definition) is 8. The van der Waals surface area contributed by atoms with Gasteiger partial charge in [-0.15, -0.1) is 0 Å². The Kier molecular flexibility index (Phi) is 5.09. The molecule has 0 atom stereocenters. The summed E-state index contributed by atoms with van der Waals surface area (Å²) < 4.78 is 26.1. The van der Waals surface area contributed by atoms with Gasteiger partial charge in [0.25, 0.3) is 0 Å². The molecule has 2 fully saturated rings. The van der Waals surface area contributed by atoms with Gasteiger partial charge in [0.1, 0.15) is 11.6 Å². The number of nitrogens with one attached hydrogen (secondary N) is 2. The number of aromatic amines is 1. The molecule has 4 heterocycles. The molecule has 1 aromatic carbocycles. The summed E-state index contributed by atoms with van der Waals surface area (Å²) in [4.78, 5) is 16.7. The molecule has 0 unspecified atom stereocenters. The van der Waals surface area contributed by atoms with Crippen molar-refractivity contribution in [3.63, 3.8) is 0 Å². The Bertz CT molecular complexity index is 1340. The lowest BCUT2D eigenvalue weighted by Crippen LogP contribution is -2.44. The number of aryl methyl sites for hydroxylation is 1. The van der Waals surface area contributed by atoms with Gasteiger partial charge in [-0.25, -0.2) is 4.39 Å². The molecule has 1 saturated carbocycles. The van der Waals surface area contributed by atoms with Gasteiger partial charge < -0.3 is 29.4 Å². The minimum Gasteiger partial charge on any atom is -0.421 e. The summed E-state index contributed by atoms with van der Waals surface area (Å²) >= 11 is 0. The lowest BCUT2D eigenvalue weighted by atomic mass is 10.2. The second-order valence-corrected chi connectivity index (χ2v) is 9.12. The predicted octanol–water partition coefficient (Wildman–Crippen LogP) is 4.56. The molecule has 2 aliphatic rings. The van der Waals surface area contributed by atoms with E-state index in [-0.39, 0.29) is 11.8 Å². The van der Waals surface area contributed by atoms with E-state index < -0.39 is 5.82 Å². The number of aromatic nitrogens is 4. The SMILES string of the molecule is Cc1cc2cc(Oc3nc(Nc4cc(C5CC5)no4)cc(N4CCN(C)CC4)n3)c(F)cc2[nH]1. The van der Waals surface area contributed by atoms with Crippen molar-refractivity contribution in [3.05, 3.63) is 47.5 Å². The van der Waals surface area contributed by atoms with Crippen LogP contribution in [-0.2, 0) is 0 Å². The molecule has 0 spiro atoms. The average molecular weight is 464 g/mol. The molecule has 176 valence electrons. The Balaban J connectivity index is 1.32. The average Bonchev–Trinajstić information content (AvgIpc) is 3.45. The van der Waals surface area contributed by atoms with Crippen LogP contribution in [0.2, 0.25) is 0 Å². The van der Waals surface area contributed by atoms with Crippen molar-refractivity contribution in [2.75, 3.05) is 43.4 Å². The first-order chi connectivity index (χ1) is 16.5. The first-order valence-corrected chi connectivity index (χ1v) is 11.5. The number of hydrogen-bond donors (Lipinski definition) is 2. The number of anilines is 3. The van der Waals surface area contributed by atoms with Gasteiger partial charge in [0.2, 0.25) is 5.88 Å². The third kappa shape index (κ3) is 4.28. The number of H-pyrrole nitrogens is 1. The van der Waals surface area contributed by atoms with E-state index in [0.717, 1.165) is 55.8 Å². The fourth-order valence-corrected chi connectivity index (χ4v) is 4.22. The van der Waals surface area contributed by atoms with E-state index >= 15 is 0 Å². The molecular formula is C24H26FN7O2. The number of rotatable bonds is 6. The van der Waals surface area contributed by atoms with Crippen LogP contribution in [0.4, 0.5) is 21.9 Å². The van der Waals surface area contributed by atoms with Crippen LogP contribution in [0, 0.1) is 12.7 Å². The van der Waals surface area contributed by atoms with E-state index in [0.29, 0.717) is 29.0 Å². The summed E-state index contributed by atoms with van der Waals surface area (Å²) in [6, 6.07) is 8.84. The van der Waals surface area contributed by atoms with Gasteiger partial charge in [-0.05, 0) is 38.9 Å². The maximum Gasteiger partial charge on any atom is 0.326 e. The van der Waals surface area contributed by atoms with Crippen LogP contribution in [0.5, 0.6) is 11.8 Å². The number of halogens is 1. The lowest BCUT2D eigenvalue weighted by molar-refractivity contribution is 0.311. The maximum atomic E-state index is 14.8. The Morgan fingerprint density at radius 2 is 1.91 bits per heavy atom. The molecule has 2 N–H and O–H groups in total. The summed E-state index contributed by atoms with van der Waals surface area (Å²) in [5.41, 5.74) is 2.61. The highest BCUT2D eigenvalue weighted by atomic mass is 19.1. The van der Waals surface area contributed by atoms with Gasteiger partial charge in [0.15, 0.2) is 11.6 Å². The molecule has 0 amide bonds. The fraction of sp³-hybridized carbons (Fsp3) is 0.375. The number of fused-ring (bicyclic) bond motifs is 1. The molecule has 9 nitrogen and oxygen atoms in total. The number of piperazine rings is 1. The molecule has 34 heavy (non-hydrogen) atoms. The minimum atomic E-state index is -0.484. The standard InChI is InChI=1S/C24H26FN7O2/c1-14-9-16-10-20(17(25)11-18(16)26-14)33-24-28-21(27-23-12-19(30-34-23)15-3-4-15)13-22(29-24)32-7-5-31(2)6-8-32/h9-13,15,26H,3-8H2,1-2H3,(H,27,28,29). The zero-order chi connectivity index (χ0) is 23.2. The normalized spacial score (nSPS) is 16.9. The monoisotopic (exact) mass is 463 g/mol. The van der Waals surface area contributed by atoms with Gasteiger partial charge >= 0.3 is 6.01 Å². The van der Waals surface area contributed by atoms with E-state index in [1.54, 1.807) is 6.07 Å². The number of ether oxygens (including phenoxy) is 1. The van der Waals surface area contributed by atoms with Crippen molar-refractivity contribution in [2.45, 2.75) is 25.7 Å². The fourth-order valence-electron chi connectivity index (χ4n) is 4.22. The highest BCUT2D eigenvalue weighted by molar-refractivity contribution is 5.82. The summed E-state index contributed by atoms with van der Waals surface area (Å²) in [6.07, 6.45) is 2.28. The molecule has 1 saturated heterocycles. The largest absolute Gasteiger partial charge is 0.421 e. The van der Waals surface area contributed by atoms with Crippen LogP contribution in [0.3, 0.4) is 0 Å². The van der Waals surface area contributed by atoms with Gasteiger partial charge in [-0.2, -0.15) is 9.97 Å². The lowest BCUT2D eigenvalue weighted by Gasteiger charge is -2.33. The molecule has 1 aliphatic carbocycles. The van der Waals surface area contributed by atoms with Crippen molar-refractivity contribution < 1.29 is 13.7 Å². The maximum absolute atomic E-state index is 14.8. The van der Waals surface area contributed by atoms with E-state index in [4.69, 9.17) is 9.26 Å². The Morgan fingerprint density at radius 1 is 1.09 bits per heavy atom. The second-order valence-electron chi connectivity index (χ2n) is 9.12. The zero-order valence-corrected chi connectivity index (χ0v) is 19.1. The second kappa shape index (κ2) is 8.28. The molecule has 0 bridgehead atoms. The van der Waals surface area contributed by atoms with Crippen molar-refractivity contribution in [2.24, 2.45) is 0 Å². The third-order valence-corrected chi connectivity index (χ3v) is 6.30. The van der Waals surface area contributed by atoms with Crippen molar-refractivity contribution in [3.8, 4) is 11.8 Å². The summed E-state index contributed by atoms with van der Waals surface area (Å²) in [6.45, 7) is 5.42. The topological polar surface area (TPSA) is 95.3 Å². The highest BCUT2D eigenvalue weighted by Crippen LogP contribution is 2.40. The van der Waals surface area contributed by atoms with Crippen LogP contribution in [0.1, 0.15) is 30.1 Å². The summed E-state index contributed by atoms with van der Waals surface area (Å²) in [5.74, 6) is 1.79. The van der Waals surface area contributed by atoms with Crippen molar-refractivity contribution >= 4 is 28.4 Å². The van der Waals surface area contributed by atoms with Gasteiger partial charge in [0.05, 0.1) is 5.69 Å². The van der Waals surface area contributed by atoms with Crippen LogP contribution in [0.15, 0.2) is 34.9 Å². The summed E-state index contributed by atoms with van der Waals surface area (Å²) in [7, 11) is 2.10. The first-order valence-electron chi connectivity index (χ1n) is 11.5. The van der Waals surface area contributed by atoms with Gasteiger partial charge in [-0.1, -0.05) is 5.16 Å². The van der Waals surface area contributed by atoms with E-state index in [9.17, 15) is 4.39 Å². The Hall–Kier alpha value is -3.66.